The van der Waals surface area contributed by atoms with Crippen LogP contribution < -0.4 is 5.32 Å². The van der Waals surface area contributed by atoms with Gasteiger partial charge in [0.15, 0.2) is 0 Å². The van der Waals surface area contributed by atoms with E-state index in [-0.39, 0.29) is 0 Å². The first kappa shape index (κ1) is 10.5. The highest BCUT2D eigenvalue weighted by atomic mass is 14.9. The fraction of sp³-hybridized carbons (Fsp3) is 1.00. The second kappa shape index (κ2) is 4.22. The van der Waals surface area contributed by atoms with Crippen LogP contribution in [0.4, 0.5) is 0 Å². The molecule has 0 bridgehead atoms. The zero-order chi connectivity index (χ0) is 10.0. The van der Waals surface area contributed by atoms with Crippen molar-refractivity contribution in [1.29, 1.82) is 0 Å². The number of rotatable bonds is 5. The van der Waals surface area contributed by atoms with Gasteiger partial charge in [-0.05, 0) is 37.1 Å². The molecule has 0 aromatic carbocycles. The molecule has 0 heterocycles. The van der Waals surface area contributed by atoms with E-state index in [4.69, 9.17) is 0 Å². The Morgan fingerprint density at radius 3 is 2.43 bits per heavy atom. The summed E-state index contributed by atoms with van der Waals surface area (Å²) in [6.07, 6.45) is 10.3. The molecule has 1 heteroatoms. The molecule has 2 aliphatic carbocycles. The summed E-state index contributed by atoms with van der Waals surface area (Å²) in [7, 11) is 0. The highest BCUT2D eigenvalue weighted by molar-refractivity contribution is 4.94. The van der Waals surface area contributed by atoms with Crippen molar-refractivity contribution in [2.45, 2.75) is 64.8 Å². The van der Waals surface area contributed by atoms with Gasteiger partial charge in [0.1, 0.15) is 0 Å². The van der Waals surface area contributed by atoms with Crippen LogP contribution in [0.2, 0.25) is 0 Å². The van der Waals surface area contributed by atoms with Crippen molar-refractivity contribution in [2.24, 2.45) is 11.3 Å². The van der Waals surface area contributed by atoms with E-state index in [1.54, 1.807) is 0 Å². The maximum Gasteiger partial charge on any atom is 0.0123 e. The third kappa shape index (κ3) is 2.31. The van der Waals surface area contributed by atoms with Crippen LogP contribution in [0, 0.1) is 11.3 Å². The third-order valence-electron chi connectivity index (χ3n) is 4.30. The molecule has 2 fully saturated rings. The second-order valence-electron chi connectivity index (χ2n) is 5.65. The van der Waals surface area contributed by atoms with Gasteiger partial charge >= 0.3 is 0 Å². The molecule has 0 amide bonds. The molecule has 0 radical (unpaired) electrons. The Bertz CT molecular complexity index is 178. The van der Waals surface area contributed by atoms with Gasteiger partial charge in [-0.3, -0.25) is 0 Å². The second-order valence-corrected chi connectivity index (χ2v) is 5.65. The average Bonchev–Trinajstić information content (AvgIpc) is 2.87. The molecule has 1 atom stereocenters. The van der Waals surface area contributed by atoms with Gasteiger partial charge in [0.25, 0.3) is 0 Å². The van der Waals surface area contributed by atoms with Crippen molar-refractivity contribution < 1.29 is 0 Å². The molecule has 0 aliphatic heterocycles. The van der Waals surface area contributed by atoms with E-state index < -0.39 is 0 Å². The Labute approximate surface area is 88.7 Å². The Balaban J connectivity index is 1.92. The summed E-state index contributed by atoms with van der Waals surface area (Å²) in [5.41, 5.74) is 0.624. The standard InChI is InChI=1S/C13H25N/c1-3-14-12(10-11-6-7-11)13(2)8-4-5-9-13/h11-12,14H,3-10H2,1-2H3. The molecule has 1 nitrogen and oxygen atoms in total. The normalized spacial score (nSPS) is 27.9. The third-order valence-corrected chi connectivity index (χ3v) is 4.30. The molecule has 0 aromatic rings. The van der Waals surface area contributed by atoms with E-state index >= 15 is 0 Å². The average molecular weight is 195 g/mol. The lowest BCUT2D eigenvalue weighted by Gasteiger charge is -2.35. The van der Waals surface area contributed by atoms with E-state index in [1.807, 2.05) is 0 Å². The van der Waals surface area contributed by atoms with Crippen molar-refractivity contribution in [3.05, 3.63) is 0 Å². The van der Waals surface area contributed by atoms with Gasteiger partial charge in [0.2, 0.25) is 0 Å². The molecular weight excluding hydrogens is 170 g/mol. The van der Waals surface area contributed by atoms with Gasteiger partial charge in [-0.1, -0.05) is 39.5 Å². The molecular formula is C13H25N. The van der Waals surface area contributed by atoms with Crippen molar-refractivity contribution in [1.82, 2.24) is 5.32 Å². The minimum absolute atomic E-state index is 0.624. The molecule has 1 unspecified atom stereocenters. The van der Waals surface area contributed by atoms with Crippen LogP contribution in [0.5, 0.6) is 0 Å². The van der Waals surface area contributed by atoms with Gasteiger partial charge in [0, 0.05) is 6.04 Å². The maximum atomic E-state index is 3.74. The number of nitrogens with one attached hydrogen (secondary N) is 1. The Morgan fingerprint density at radius 1 is 1.29 bits per heavy atom. The highest BCUT2D eigenvalue weighted by Crippen LogP contribution is 2.45. The van der Waals surface area contributed by atoms with Crippen LogP contribution >= 0.6 is 0 Å². The van der Waals surface area contributed by atoms with Crippen LogP contribution in [0.1, 0.15) is 58.8 Å². The predicted octanol–water partition coefficient (Wildman–Crippen LogP) is 3.34. The first-order valence-electron chi connectivity index (χ1n) is 6.48. The first-order chi connectivity index (χ1) is 6.74. The van der Waals surface area contributed by atoms with Crippen LogP contribution in [0.3, 0.4) is 0 Å². The SMILES string of the molecule is CCNC(CC1CC1)C1(C)CCCC1. The summed E-state index contributed by atoms with van der Waals surface area (Å²) in [5.74, 6) is 1.07. The largest absolute Gasteiger partial charge is 0.314 e. The van der Waals surface area contributed by atoms with Crippen LogP contribution in [0.15, 0.2) is 0 Å². The topological polar surface area (TPSA) is 12.0 Å². The fourth-order valence-electron chi connectivity index (χ4n) is 3.08. The molecule has 2 saturated carbocycles. The van der Waals surface area contributed by atoms with E-state index in [1.165, 1.54) is 44.9 Å². The molecule has 14 heavy (non-hydrogen) atoms. The summed E-state index contributed by atoms with van der Waals surface area (Å²) in [5, 5.41) is 3.74. The Morgan fingerprint density at radius 2 is 1.93 bits per heavy atom. The van der Waals surface area contributed by atoms with Crippen molar-refractivity contribution in [3.8, 4) is 0 Å². The van der Waals surface area contributed by atoms with Crippen molar-refractivity contribution in [3.63, 3.8) is 0 Å². The van der Waals surface area contributed by atoms with Gasteiger partial charge in [-0.15, -0.1) is 0 Å². The zero-order valence-electron chi connectivity index (χ0n) is 9.81. The summed E-state index contributed by atoms with van der Waals surface area (Å²) in [4.78, 5) is 0. The van der Waals surface area contributed by atoms with E-state index in [9.17, 15) is 0 Å². The van der Waals surface area contributed by atoms with E-state index in [0.29, 0.717) is 5.41 Å². The van der Waals surface area contributed by atoms with E-state index in [2.05, 4.69) is 19.2 Å². The molecule has 0 spiro atoms. The highest BCUT2D eigenvalue weighted by Gasteiger charge is 2.39. The van der Waals surface area contributed by atoms with Crippen LogP contribution in [-0.4, -0.2) is 12.6 Å². The molecule has 2 rings (SSSR count). The van der Waals surface area contributed by atoms with Gasteiger partial charge in [0.05, 0.1) is 0 Å². The lowest BCUT2D eigenvalue weighted by molar-refractivity contribution is 0.206. The summed E-state index contributed by atoms with van der Waals surface area (Å²) in [6.45, 7) is 5.90. The zero-order valence-corrected chi connectivity index (χ0v) is 9.81. The Hall–Kier alpha value is -0.0400. The van der Waals surface area contributed by atoms with Crippen molar-refractivity contribution in [2.75, 3.05) is 6.54 Å². The Kier molecular flexibility index (Phi) is 3.16. The molecule has 2 aliphatic rings. The summed E-state index contributed by atoms with van der Waals surface area (Å²) in [6, 6.07) is 0.808. The van der Waals surface area contributed by atoms with Gasteiger partial charge in [-0.25, -0.2) is 0 Å². The number of hydrogen-bond acceptors (Lipinski definition) is 1. The molecule has 82 valence electrons. The fourth-order valence-corrected chi connectivity index (χ4v) is 3.08. The lowest BCUT2D eigenvalue weighted by atomic mass is 9.78. The molecule has 0 saturated heterocycles. The summed E-state index contributed by atoms with van der Waals surface area (Å²) < 4.78 is 0. The quantitative estimate of drug-likeness (QED) is 0.709. The van der Waals surface area contributed by atoms with Crippen LogP contribution in [-0.2, 0) is 0 Å². The lowest BCUT2D eigenvalue weighted by Crippen LogP contribution is -2.42. The number of hydrogen-bond donors (Lipinski definition) is 1. The van der Waals surface area contributed by atoms with E-state index in [0.717, 1.165) is 18.5 Å². The maximum absolute atomic E-state index is 3.74. The van der Waals surface area contributed by atoms with Gasteiger partial charge < -0.3 is 5.32 Å². The molecule has 1 N–H and O–H groups in total. The van der Waals surface area contributed by atoms with Crippen LogP contribution in [0.25, 0.3) is 0 Å². The predicted molar refractivity (Wildman–Crippen MR) is 61.4 cm³/mol. The first-order valence-corrected chi connectivity index (χ1v) is 6.48. The smallest absolute Gasteiger partial charge is 0.0123 e. The minimum Gasteiger partial charge on any atom is -0.314 e. The minimum atomic E-state index is 0.624. The molecule has 0 aromatic heterocycles. The van der Waals surface area contributed by atoms with Gasteiger partial charge in [-0.2, -0.15) is 0 Å². The van der Waals surface area contributed by atoms with Crippen molar-refractivity contribution >= 4 is 0 Å². The monoisotopic (exact) mass is 195 g/mol. The summed E-state index contributed by atoms with van der Waals surface area (Å²) >= 11 is 0.